The maximum Gasteiger partial charge on any atom is 0.242 e. The van der Waals surface area contributed by atoms with Crippen molar-refractivity contribution in [1.29, 1.82) is 0 Å². The van der Waals surface area contributed by atoms with Gasteiger partial charge in [0.1, 0.15) is 10.0 Å². The molecule has 0 saturated heterocycles. The summed E-state index contributed by atoms with van der Waals surface area (Å²) in [7, 11) is -3.73. The molecule has 1 rings (SSSR count). The van der Waals surface area contributed by atoms with Crippen LogP contribution < -0.4 is 4.72 Å². The van der Waals surface area contributed by atoms with Gasteiger partial charge in [-0.2, -0.15) is 0 Å². The Hall–Kier alpha value is -0.400. The quantitative estimate of drug-likeness (QED) is 0.747. The zero-order valence-corrected chi connectivity index (χ0v) is 13.7. The predicted octanol–water partition coefficient (Wildman–Crippen LogP) is 2.47. The Labute approximate surface area is 129 Å². The number of sulfonamides is 1. The fraction of sp³-hybridized carbons (Fsp3) is 0.583. The zero-order valence-electron chi connectivity index (χ0n) is 11.4. The van der Waals surface area contributed by atoms with Gasteiger partial charge in [-0.25, -0.2) is 18.1 Å². The van der Waals surface area contributed by atoms with Crippen LogP contribution >= 0.6 is 23.2 Å². The average Bonchev–Trinajstić information content (AvgIpc) is 2.44. The van der Waals surface area contributed by atoms with Crippen molar-refractivity contribution in [2.24, 2.45) is 5.41 Å². The molecule has 0 aliphatic rings. The molecule has 5 nitrogen and oxygen atoms in total. The summed E-state index contributed by atoms with van der Waals surface area (Å²) in [6.45, 7) is 3.89. The van der Waals surface area contributed by atoms with Crippen molar-refractivity contribution >= 4 is 33.2 Å². The molecule has 0 saturated carbocycles. The average molecular weight is 341 g/mol. The molecule has 0 amide bonds. The number of aromatic nitrogens is 1. The highest BCUT2D eigenvalue weighted by molar-refractivity contribution is 7.89. The Morgan fingerprint density at radius 3 is 2.40 bits per heavy atom. The minimum absolute atomic E-state index is 0.0501. The number of nitrogens with one attached hydrogen (secondary N) is 1. The van der Waals surface area contributed by atoms with Gasteiger partial charge in [0.15, 0.2) is 0 Å². The number of pyridine rings is 1. The van der Waals surface area contributed by atoms with Gasteiger partial charge in [-0.3, -0.25) is 0 Å². The number of halogens is 2. The van der Waals surface area contributed by atoms with Crippen LogP contribution in [0.15, 0.2) is 17.2 Å². The van der Waals surface area contributed by atoms with Gasteiger partial charge in [0.2, 0.25) is 10.0 Å². The van der Waals surface area contributed by atoms with Crippen LogP contribution in [0.25, 0.3) is 0 Å². The molecule has 1 heterocycles. The van der Waals surface area contributed by atoms with E-state index in [-0.39, 0.29) is 28.2 Å². The third-order valence-corrected chi connectivity index (χ3v) is 5.61. The lowest BCUT2D eigenvalue weighted by Gasteiger charge is -2.29. The fourth-order valence-electron chi connectivity index (χ4n) is 1.66. The molecule has 8 heteroatoms. The van der Waals surface area contributed by atoms with Gasteiger partial charge in [-0.05, 0) is 18.9 Å². The first-order valence-corrected chi connectivity index (χ1v) is 8.45. The van der Waals surface area contributed by atoms with Crippen molar-refractivity contribution in [3.8, 4) is 0 Å². The normalized spacial score (nSPS) is 12.7. The second-order valence-corrected chi connectivity index (χ2v) is 7.17. The number of aliphatic hydroxyl groups excluding tert-OH is 1. The summed E-state index contributed by atoms with van der Waals surface area (Å²) in [5.41, 5.74) is -0.462. The summed E-state index contributed by atoms with van der Waals surface area (Å²) in [4.78, 5) is 3.66. The lowest BCUT2D eigenvalue weighted by atomic mass is 9.84. The minimum Gasteiger partial charge on any atom is -0.396 e. The van der Waals surface area contributed by atoms with Crippen molar-refractivity contribution in [1.82, 2.24) is 9.71 Å². The van der Waals surface area contributed by atoms with Gasteiger partial charge < -0.3 is 5.11 Å². The van der Waals surface area contributed by atoms with Gasteiger partial charge in [-0.15, -0.1) is 0 Å². The predicted molar refractivity (Wildman–Crippen MR) is 79.5 cm³/mol. The van der Waals surface area contributed by atoms with Crippen LogP contribution in [0, 0.1) is 5.41 Å². The van der Waals surface area contributed by atoms with E-state index in [1.165, 1.54) is 6.07 Å². The van der Waals surface area contributed by atoms with Crippen molar-refractivity contribution in [2.75, 3.05) is 13.2 Å². The van der Waals surface area contributed by atoms with Gasteiger partial charge in [-0.1, -0.05) is 37.0 Å². The van der Waals surface area contributed by atoms with Crippen LogP contribution in [0.2, 0.25) is 10.2 Å². The van der Waals surface area contributed by atoms with Crippen LogP contribution in [-0.2, 0) is 10.0 Å². The zero-order chi connectivity index (χ0) is 15.4. The van der Waals surface area contributed by atoms with Crippen molar-refractivity contribution in [3.63, 3.8) is 0 Å². The van der Waals surface area contributed by atoms with Crippen molar-refractivity contribution in [3.05, 3.63) is 22.4 Å². The first-order chi connectivity index (χ1) is 9.30. The Balaban J connectivity index is 2.92. The third kappa shape index (κ3) is 4.05. The van der Waals surface area contributed by atoms with E-state index in [1.54, 1.807) is 0 Å². The van der Waals surface area contributed by atoms with E-state index in [4.69, 9.17) is 23.2 Å². The van der Waals surface area contributed by atoms with Gasteiger partial charge in [0, 0.05) is 24.8 Å². The Morgan fingerprint density at radius 2 is 1.95 bits per heavy atom. The number of hydrogen-bond donors (Lipinski definition) is 2. The van der Waals surface area contributed by atoms with Crippen LogP contribution in [0.3, 0.4) is 0 Å². The van der Waals surface area contributed by atoms with Crippen LogP contribution in [0.4, 0.5) is 0 Å². The molecule has 0 radical (unpaired) electrons. The molecular formula is C12H18Cl2N2O3S. The summed E-state index contributed by atoms with van der Waals surface area (Å²) in [6.07, 6.45) is 2.49. The van der Waals surface area contributed by atoms with E-state index in [0.717, 1.165) is 6.20 Å². The van der Waals surface area contributed by atoms with E-state index < -0.39 is 15.4 Å². The molecule has 2 N–H and O–H groups in total. The molecule has 1 aromatic heterocycles. The molecule has 0 aliphatic carbocycles. The lowest BCUT2D eigenvalue weighted by molar-refractivity contribution is 0.119. The molecular weight excluding hydrogens is 323 g/mol. The number of hydrogen-bond acceptors (Lipinski definition) is 4. The Morgan fingerprint density at radius 1 is 1.35 bits per heavy atom. The molecule has 0 atom stereocenters. The van der Waals surface area contributed by atoms with E-state index in [2.05, 4.69) is 9.71 Å². The SMILES string of the molecule is CCC(CC)(CO)CNS(=O)(=O)c1cnc(Cl)c(Cl)c1. The summed E-state index contributed by atoms with van der Waals surface area (Å²) < 4.78 is 26.8. The molecule has 0 aliphatic heterocycles. The highest BCUT2D eigenvalue weighted by atomic mass is 35.5. The molecule has 0 fully saturated rings. The Kier molecular flexibility index (Phi) is 6.22. The molecule has 1 aromatic rings. The third-order valence-electron chi connectivity index (χ3n) is 3.55. The van der Waals surface area contributed by atoms with Crippen molar-refractivity contribution in [2.45, 2.75) is 31.6 Å². The summed E-state index contributed by atoms with van der Waals surface area (Å²) in [5, 5.41) is 9.57. The maximum absolute atomic E-state index is 12.2. The highest BCUT2D eigenvalue weighted by Gasteiger charge is 2.28. The first kappa shape index (κ1) is 17.7. The number of nitrogens with zero attached hydrogens (tertiary/aromatic N) is 1. The van der Waals surface area contributed by atoms with Crippen molar-refractivity contribution < 1.29 is 13.5 Å². The van der Waals surface area contributed by atoms with Crippen LogP contribution in [0.5, 0.6) is 0 Å². The number of rotatable bonds is 7. The molecule has 0 bridgehead atoms. The molecule has 0 aromatic carbocycles. The van der Waals surface area contributed by atoms with Crippen LogP contribution in [0.1, 0.15) is 26.7 Å². The second kappa shape index (κ2) is 7.04. The molecule has 20 heavy (non-hydrogen) atoms. The van der Waals surface area contributed by atoms with E-state index in [0.29, 0.717) is 12.8 Å². The smallest absolute Gasteiger partial charge is 0.242 e. The summed E-state index contributed by atoms with van der Waals surface area (Å²) in [6, 6.07) is 1.25. The molecule has 0 spiro atoms. The first-order valence-electron chi connectivity index (χ1n) is 6.22. The highest BCUT2D eigenvalue weighted by Crippen LogP contribution is 2.26. The van der Waals surface area contributed by atoms with Crippen LogP contribution in [-0.4, -0.2) is 31.7 Å². The molecule has 114 valence electrons. The van der Waals surface area contributed by atoms with E-state index >= 15 is 0 Å². The topological polar surface area (TPSA) is 79.3 Å². The van der Waals surface area contributed by atoms with Gasteiger partial charge >= 0.3 is 0 Å². The Bertz CT molecular complexity index is 552. The second-order valence-electron chi connectivity index (χ2n) is 4.63. The fourth-order valence-corrected chi connectivity index (χ4v) is 3.12. The molecule has 0 unspecified atom stereocenters. The van der Waals surface area contributed by atoms with E-state index in [9.17, 15) is 13.5 Å². The maximum atomic E-state index is 12.2. The lowest BCUT2D eigenvalue weighted by Crippen LogP contribution is -2.39. The largest absolute Gasteiger partial charge is 0.396 e. The summed E-state index contributed by atoms with van der Waals surface area (Å²) >= 11 is 11.4. The number of aliphatic hydroxyl groups is 1. The van der Waals surface area contributed by atoms with E-state index in [1.807, 2.05) is 13.8 Å². The monoisotopic (exact) mass is 340 g/mol. The van der Waals surface area contributed by atoms with Gasteiger partial charge in [0.25, 0.3) is 0 Å². The van der Waals surface area contributed by atoms with Gasteiger partial charge in [0.05, 0.1) is 5.02 Å². The summed E-state index contributed by atoms with van der Waals surface area (Å²) in [5.74, 6) is 0. The standard InChI is InChI=1S/C12H18Cl2N2O3S/c1-3-12(4-2,8-17)7-16-20(18,19)9-5-10(13)11(14)15-6-9/h5-6,16-17H,3-4,7-8H2,1-2H3. The minimum atomic E-state index is -3.73.